The maximum Gasteiger partial charge on any atom is 0.0546 e. The molecule has 0 aliphatic heterocycles. The number of rotatable bonds is 6. The molecule has 0 heterocycles. The lowest BCUT2D eigenvalue weighted by molar-refractivity contribution is 0.590. The normalized spacial score (nSPS) is 12.0. The van der Waals surface area contributed by atoms with Crippen LogP contribution in [0.1, 0.15) is 52.7 Å². The summed E-state index contributed by atoms with van der Waals surface area (Å²) in [6, 6.07) is 62.4. The van der Waals surface area contributed by atoms with Gasteiger partial charge in [-0.2, -0.15) is 0 Å². The molecule has 0 spiro atoms. The highest BCUT2D eigenvalue weighted by Crippen LogP contribution is 2.47. The van der Waals surface area contributed by atoms with Gasteiger partial charge in [-0.25, -0.2) is 0 Å². The molecule has 0 bridgehead atoms. The molecule has 0 saturated heterocycles. The first-order chi connectivity index (χ1) is 25.1. The number of benzene rings is 8. The van der Waals surface area contributed by atoms with Gasteiger partial charge in [-0.15, -0.1) is 0 Å². The molecule has 0 aromatic heterocycles. The highest BCUT2D eigenvalue weighted by atomic mass is 15.2. The summed E-state index contributed by atoms with van der Waals surface area (Å²) in [5.74, 6) is 0. The summed E-state index contributed by atoms with van der Waals surface area (Å²) >= 11 is 0. The van der Waals surface area contributed by atoms with Gasteiger partial charge in [-0.3, -0.25) is 0 Å². The van der Waals surface area contributed by atoms with Crippen molar-refractivity contribution < 1.29 is 0 Å². The van der Waals surface area contributed by atoms with Gasteiger partial charge in [0, 0.05) is 33.5 Å². The van der Waals surface area contributed by atoms with Gasteiger partial charge in [0.15, 0.2) is 0 Å². The average molecular weight is 675 g/mol. The molecule has 8 aromatic rings. The van der Waals surface area contributed by atoms with Crippen molar-refractivity contribution in [1.82, 2.24) is 0 Å². The minimum Gasteiger partial charge on any atom is -0.310 e. The quantitative estimate of drug-likeness (QED) is 0.162. The topological polar surface area (TPSA) is 6.48 Å². The van der Waals surface area contributed by atoms with Crippen molar-refractivity contribution in [3.63, 3.8) is 0 Å². The average Bonchev–Trinajstić information content (AvgIpc) is 3.15. The van der Waals surface area contributed by atoms with E-state index in [1.807, 2.05) is 0 Å². The van der Waals surface area contributed by atoms with Gasteiger partial charge in [0.25, 0.3) is 0 Å². The minimum atomic E-state index is 0.0703. The Bertz CT molecular complexity index is 2330. The van der Waals surface area contributed by atoms with E-state index in [4.69, 9.17) is 0 Å². The number of hydrogen-bond donors (Lipinski definition) is 0. The molecule has 8 rings (SSSR count). The molecular weight excluding hydrogens is 629 g/mol. The van der Waals surface area contributed by atoms with E-state index in [9.17, 15) is 0 Å². The Hall–Kier alpha value is -5.86. The highest BCUT2D eigenvalue weighted by Gasteiger charge is 2.23. The lowest BCUT2D eigenvalue weighted by atomic mass is 9.87. The third-order valence-electron chi connectivity index (χ3n) is 10.3. The fourth-order valence-corrected chi connectivity index (χ4v) is 7.54. The van der Waals surface area contributed by atoms with Crippen LogP contribution in [0.15, 0.2) is 170 Å². The number of nitrogens with zero attached hydrogens (tertiary/aromatic N) is 2. The first-order valence-electron chi connectivity index (χ1n) is 18.4. The molecular formula is C50H46N2. The number of para-hydroxylation sites is 2. The van der Waals surface area contributed by atoms with E-state index in [0.717, 1.165) is 34.1 Å². The van der Waals surface area contributed by atoms with Crippen LogP contribution >= 0.6 is 0 Å². The largest absolute Gasteiger partial charge is 0.310 e. The summed E-state index contributed by atoms with van der Waals surface area (Å²) < 4.78 is 0. The van der Waals surface area contributed by atoms with Crippen LogP contribution in [0.5, 0.6) is 0 Å². The van der Waals surface area contributed by atoms with Crippen molar-refractivity contribution in [3.8, 4) is 0 Å². The zero-order valence-electron chi connectivity index (χ0n) is 31.1. The van der Waals surface area contributed by atoms with E-state index in [1.165, 1.54) is 43.4 Å². The van der Waals surface area contributed by atoms with Gasteiger partial charge in [-0.05, 0) is 104 Å². The molecule has 0 radical (unpaired) electrons. The zero-order chi connectivity index (χ0) is 36.0. The molecule has 0 aliphatic rings. The predicted molar refractivity (Wildman–Crippen MR) is 226 cm³/mol. The summed E-state index contributed by atoms with van der Waals surface area (Å²) in [4.78, 5) is 4.84. The van der Waals surface area contributed by atoms with Crippen LogP contribution in [0.3, 0.4) is 0 Å². The van der Waals surface area contributed by atoms with Crippen LogP contribution in [0.2, 0.25) is 0 Å². The molecule has 256 valence electrons. The van der Waals surface area contributed by atoms with Crippen molar-refractivity contribution >= 4 is 66.4 Å². The minimum absolute atomic E-state index is 0.0703. The summed E-state index contributed by atoms with van der Waals surface area (Å²) in [6.45, 7) is 13.6. The molecule has 0 amide bonds. The number of anilines is 6. The van der Waals surface area contributed by atoms with Gasteiger partial charge in [0.1, 0.15) is 0 Å². The van der Waals surface area contributed by atoms with Crippen molar-refractivity contribution in [3.05, 3.63) is 181 Å². The summed E-state index contributed by atoms with van der Waals surface area (Å²) in [7, 11) is 0. The molecule has 0 saturated carbocycles. The smallest absolute Gasteiger partial charge is 0.0546 e. The van der Waals surface area contributed by atoms with Crippen molar-refractivity contribution in [1.29, 1.82) is 0 Å². The monoisotopic (exact) mass is 674 g/mol. The zero-order valence-corrected chi connectivity index (χ0v) is 31.1. The molecule has 0 aliphatic carbocycles. The van der Waals surface area contributed by atoms with E-state index in [-0.39, 0.29) is 10.8 Å². The Morgan fingerprint density at radius 1 is 0.327 bits per heavy atom. The van der Waals surface area contributed by atoms with Crippen molar-refractivity contribution in [2.75, 3.05) is 9.80 Å². The van der Waals surface area contributed by atoms with Gasteiger partial charge in [0.2, 0.25) is 0 Å². The van der Waals surface area contributed by atoms with E-state index < -0.39 is 0 Å². The second kappa shape index (κ2) is 13.0. The second-order valence-corrected chi connectivity index (χ2v) is 15.9. The Balaban J connectivity index is 1.43. The molecule has 0 atom stereocenters. The van der Waals surface area contributed by atoms with Gasteiger partial charge in [0.05, 0.1) is 11.4 Å². The third-order valence-corrected chi connectivity index (χ3v) is 10.3. The lowest BCUT2D eigenvalue weighted by Crippen LogP contribution is -2.14. The Morgan fingerprint density at radius 2 is 0.635 bits per heavy atom. The van der Waals surface area contributed by atoms with E-state index >= 15 is 0 Å². The first kappa shape index (κ1) is 33.3. The molecule has 2 nitrogen and oxygen atoms in total. The van der Waals surface area contributed by atoms with Crippen LogP contribution < -0.4 is 9.80 Å². The first-order valence-corrected chi connectivity index (χ1v) is 18.4. The third kappa shape index (κ3) is 6.09. The van der Waals surface area contributed by atoms with Gasteiger partial charge < -0.3 is 9.80 Å². The van der Waals surface area contributed by atoms with Crippen LogP contribution in [0.25, 0.3) is 32.3 Å². The van der Waals surface area contributed by atoms with Gasteiger partial charge in [-0.1, -0.05) is 151 Å². The SMILES string of the molecule is CC(C)(C)c1ccc(N(c2ccccc2)c2cc3cc(N(c4ccccc4)c4ccc(C(C)(C)C)cc4)c4ccccc4c3c3ccccc23)cc1. The van der Waals surface area contributed by atoms with Crippen molar-refractivity contribution in [2.45, 2.75) is 52.4 Å². The fraction of sp³-hybridized carbons (Fsp3) is 0.160. The Morgan fingerprint density at radius 3 is 0.981 bits per heavy atom. The van der Waals surface area contributed by atoms with E-state index in [0.29, 0.717) is 0 Å². The summed E-state index contributed by atoms with van der Waals surface area (Å²) in [5.41, 5.74) is 9.61. The van der Waals surface area contributed by atoms with Gasteiger partial charge >= 0.3 is 0 Å². The molecule has 0 fully saturated rings. The predicted octanol–water partition coefficient (Wildman–Crippen LogP) is 14.7. The maximum atomic E-state index is 2.42. The molecule has 52 heavy (non-hydrogen) atoms. The Labute approximate surface area is 308 Å². The second-order valence-electron chi connectivity index (χ2n) is 15.9. The molecule has 2 heteroatoms. The summed E-state index contributed by atoms with van der Waals surface area (Å²) in [5, 5.41) is 7.38. The van der Waals surface area contributed by atoms with Crippen LogP contribution in [-0.4, -0.2) is 0 Å². The Kier molecular flexibility index (Phi) is 8.35. The summed E-state index contributed by atoms with van der Waals surface area (Å²) in [6.07, 6.45) is 0. The number of hydrogen-bond acceptors (Lipinski definition) is 2. The van der Waals surface area contributed by atoms with E-state index in [2.05, 4.69) is 221 Å². The lowest BCUT2D eigenvalue weighted by Gasteiger charge is -2.30. The van der Waals surface area contributed by atoms with Crippen LogP contribution in [0.4, 0.5) is 34.1 Å². The highest BCUT2D eigenvalue weighted by molar-refractivity contribution is 6.26. The molecule has 0 unspecified atom stereocenters. The molecule has 8 aromatic carbocycles. The molecule has 0 N–H and O–H groups in total. The fourth-order valence-electron chi connectivity index (χ4n) is 7.54. The van der Waals surface area contributed by atoms with Crippen LogP contribution in [-0.2, 0) is 10.8 Å². The van der Waals surface area contributed by atoms with Crippen LogP contribution in [0, 0.1) is 0 Å². The van der Waals surface area contributed by atoms with Crippen molar-refractivity contribution in [2.24, 2.45) is 0 Å². The van der Waals surface area contributed by atoms with E-state index in [1.54, 1.807) is 0 Å². The number of fused-ring (bicyclic) bond motifs is 5. The standard InChI is InChI=1S/C50H46N2/c1-49(2,3)36-25-29-40(30-26-36)51(38-17-9-7-10-18-38)46-33-35-34-47(43-22-14-16-24-45(43)48(35)44-23-15-13-21-42(44)46)52(39-19-11-8-12-20-39)41-31-27-37(28-32-41)50(4,5)6/h7-34H,1-6H3. The maximum absolute atomic E-state index is 2.42.